The Kier molecular flexibility index (Phi) is 5.47. The Morgan fingerprint density at radius 2 is 1.91 bits per heavy atom. The third-order valence-electron chi connectivity index (χ3n) is 6.48. The minimum Gasteiger partial charge on any atom is -0.482 e. The molecule has 0 saturated heterocycles. The number of esters is 1. The Labute approximate surface area is 203 Å². The molecule has 0 spiro atoms. The zero-order valence-corrected chi connectivity index (χ0v) is 21.1. The van der Waals surface area contributed by atoms with Crippen LogP contribution in [0.1, 0.15) is 28.9 Å². The lowest BCUT2D eigenvalue weighted by Crippen LogP contribution is -2.25. The summed E-state index contributed by atoms with van der Waals surface area (Å²) in [5.41, 5.74) is 4.08. The van der Waals surface area contributed by atoms with E-state index in [-0.39, 0.29) is 0 Å². The largest absolute Gasteiger partial charge is 0.482 e. The lowest BCUT2D eigenvalue weighted by molar-refractivity contribution is 0.0600. The Morgan fingerprint density at radius 1 is 1.17 bits per heavy atom. The van der Waals surface area contributed by atoms with Gasteiger partial charge in [-0.15, -0.1) is 0 Å². The highest BCUT2D eigenvalue weighted by Crippen LogP contribution is 2.37. The molecule has 1 fully saturated rings. The van der Waals surface area contributed by atoms with Gasteiger partial charge in [0.2, 0.25) is 10.0 Å². The van der Waals surface area contributed by atoms with Crippen molar-refractivity contribution in [1.29, 1.82) is 0 Å². The van der Waals surface area contributed by atoms with Crippen LogP contribution in [0, 0.1) is 12.8 Å². The SMILES string of the molecule is COC(=O)c1cc(OC)n2c(C)c(-c3cc4ccc(N(C)S(C)(=O)=O)nc4n3CC3CC3)nc2c1. The number of ether oxygens (including phenoxy) is 2. The van der Waals surface area contributed by atoms with Gasteiger partial charge in [0.25, 0.3) is 0 Å². The first-order valence-electron chi connectivity index (χ1n) is 11.2. The van der Waals surface area contributed by atoms with E-state index in [1.165, 1.54) is 18.5 Å². The van der Waals surface area contributed by atoms with Gasteiger partial charge in [-0.3, -0.25) is 8.71 Å². The van der Waals surface area contributed by atoms with E-state index in [0.29, 0.717) is 34.5 Å². The molecule has 4 aromatic rings. The molecule has 0 atom stereocenters. The molecule has 0 aliphatic heterocycles. The summed E-state index contributed by atoms with van der Waals surface area (Å²) in [5, 5.41) is 0.893. The summed E-state index contributed by atoms with van der Waals surface area (Å²) in [5.74, 6) is 0.903. The molecule has 1 aliphatic rings. The van der Waals surface area contributed by atoms with Crippen molar-refractivity contribution < 1.29 is 22.7 Å². The van der Waals surface area contributed by atoms with Crippen molar-refractivity contribution in [2.45, 2.75) is 26.3 Å². The minimum absolute atomic E-state index is 0.349. The third-order valence-corrected chi connectivity index (χ3v) is 7.66. The number of rotatable bonds is 7. The van der Waals surface area contributed by atoms with E-state index in [2.05, 4.69) is 4.57 Å². The molecule has 11 heteroatoms. The summed E-state index contributed by atoms with van der Waals surface area (Å²) in [6.45, 7) is 2.71. The fourth-order valence-corrected chi connectivity index (χ4v) is 4.75. The van der Waals surface area contributed by atoms with Gasteiger partial charge >= 0.3 is 5.97 Å². The van der Waals surface area contributed by atoms with Crippen molar-refractivity contribution in [2.24, 2.45) is 5.92 Å². The average molecular weight is 498 g/mol. The number of carbonyl (C=O) groups is 1. The summed E-state index contributed by atoms with van der Waals surface area (Å²) in [7, 11) is 0.929. The Balaban J connectivity index is 1.73. The fourth-order valence-electron chi connectivity index (χ4n) is 4.31. The van der Waals surface area contributed by atoms with Crippen LogP contribution in [0.15, 0.2) is 30.3 Å². The van der Waals surface area contributed by atoms with Gasteiger partial charge in [-0.1, -0.05) is 0 Å². The summed E-state index contributed by atoms with van der Waals surface area (Å²) >= 11 is 0. The number of aromatic nitrogens is 4. The molecule has 0 aromatic carbocycles. The van der Waals surface area contributed by atoms with Crippen LogP contribution in [0.4, 0.5) is 5.82 Å². The zero-order chi connectivity index (χ0) is 25.1. The van der Waals surface area contributed by atoms with Gasteiger partial charge in [0.15, 0.2) is 5.88 Å². The van der Waals surface area contributed by atoms with Crippen LogP contribution in [0.3, 0.4) is 0 Å². The molecule has 1 aliphatic carbocycles. The number of fused-ring (bicyclic) bond motifs is 2. The molecule has 0 N–H and O–H groups in total. The van der Waals surface area contributed by atoms with Crippen LogP contribution in [0.5, 0.6) is 5.88 Å². The molecule has 5 rings (SSSR count). The second-order valence-electron chi connectivity index (χ2n) is 8.91. The number of pyridine rings is 2. The number of hydrogen-bond donors (Lipinski definition) is 0. The number of hydrogen-bond acceptors (Lipinski definition) is 7. The van der Waals surface area contributed by atoms with Crippen molar-refractivity contribution in [1.82, 2.24) is 18.9 Å². The van der Waals surface area contributed by atoms with Gasteiger partial charge in [0.1, 0.15) is 22.8 Å². The second kappa shape index (κ2) is 8.26. The monoisotopic (exact) mass is 497 g/mol. The second-order valence-corrected chi connectivity index (χ2v) is 10.9. The number of imidazole rings is 1. The maximum atomic E-state index is 12.2. The Hall–Kier alpha value is -3.60. The zero-order valence-electron chi connectivity index (χ0n) is 20.3. The highest BCUT2D eigenvalue weighted by Gasteiger charge is 2.27. The first-order valence-corrected chi connectivity index (χ1v) is 13.1. The first kappa shape index (κ1) is 23.2. The topological polar surface area (TPSA) is 108 Å². The highest BCUT2D eigenvalue weighted by atomic mass is 32.2. The lowest BCUT2D eigenvalue weighted by Gasteiger charge is -2.16. The van der Waals surface area contributed by atoms with E-state index in [9.17, 15) is 13.2 Å². The van der Waals surface area contributed by atoms with Crippen LogP contribution < -0.4 is 9.04 Å². The van der Waals surface area contributed by atoms with Gasteiger partial charge in [0, 0.05) is 25.0 Å². The Morgan fingerprint density at radius 3 is 2.54 bits per heavy atom. The molecular weight excluding hydrogens is 470 g/mol. The highest BCUT2D eigenvalue weighted by molar-refractivity contribution is 7.92. The summed E-state index contributed by atoms with van der Waals surface area (Å²) in [6, 6.07) is 8.92. The van der Waals surface area contributed by atoms with Gasteiger partial charge in [-0.05, 0) is 49.9 Å². The van der Waals surface area contributed by atoms with Crippen LogP contribution in [0.25, 0.3) is 28.1 Å². The van der Waals surface area contributed by atoms with E-state index >= 15 is 0 Å². The van der Waals surface area contributed by atoms with Gasteiger partial charge in [-0.2, -0.15) is 0 Å². The van der Waals surface area contributed by atoms with Crippen LogP contribution in [-0.4, -0.2) is 60.8 Å². The molecule has 1 saturated carbocycles. The smallest absolute Gasteiger partial charge is 0.338 e. The van der Waals surface area contributed by atoms with Crippen LogP contribution >= 0.6 is 0 Å². The molecule has 4 aromatic heterocycles. The lowest BCUT2D eigenvalue weighted by atomic mass is 10.2. The van der Waals surface area contributed by atoms with Crippen molar-refractivity contribution in [3.63, 3.8) is 0 Å². The molecule has 0 amide bonds. The van der Waals surface area contributed by atoms with Crippen molar-refractivity contribution in [3.05, 3.63) is 41.6 Å². The van der Waals surface area contributed by atoms with Crippen LogP contribution in [0.2, 0.25) is 0 Å². The quantitative estimate of drug-likeness (QED) is 0.361. The Bertz CT molecular complexity index is 1580. The molecule has 0 unspecified atom stereocenters. The number of aryl methyl sites for hydroxylation is 1. The maximum Gasteiger partial charge on any atom is 0.338 e. The van der Waals surface area contributed by atoms with Gasteiger partial charge in [0.05, 0.1) is 37.4 Å². The normalized spacial score (nSPS) is 14.0. The van der Waals surface area contributed by atoms with E-state index in [4.69, 9.17) is 19.4 Å². The molecule has 0 bridgehead atoms. The maximum absolute atomic E-state index is 12.2. The van der Waals surface area contributed by atoms with E-state index in [0.717, 1.165) is 48.1 Å². The number of nitrogens with zero attached hydrogens (tertiary/aromatic N) is 5. The van der Waals surface area contributed by atoms with Gasteiger partial charge in [-0.25, -0.2) is 23.2 Å². The minimum atomic E-state index is -3.44. The summed E-state index contributed by atoms with van der Waals surface area (Å²) in [6.07, 6.45) is 3.44. The number of sulfonamides is 1. The third kappa shape index (κ3) is 3.99. The molecule has 10 nitrogen and oxygen atoms in total. The number of methoxy groups -OCH3 is 2. The number of anilines is 1. The number of carbonyl (C=O) groups excluding carboxylic acids is 1. The standard InChI is InChI=1S/C24H27N5O5S/c1-14-22(25-20-11-17(24(30)34-4)12-21(33-3)29(14)20)18-10-16-8-9-19(27(2)35(5,31)32)26-23(16)28(18)13-15-6-7-15/h8-12,15H,6-7,13H2,1-5H3. The van der Waals surface area contributed by atoms with Crippen LogP contribution in [-0.2, 0) is 21.3 Å². The van der Waals surface area contributed by atoms with Crippen molar-refractivity contribution in [3.8, 4) is 17.3 Å². The first-order chi connectivity index (χ1) is 16.6. The molecule has 0 radical (unpaired) electrons. The van der Waals surface area contributed by atoms with E-state index < -0.39 is 16.0 Å². The molecule has 35 heavy (non-hydrogen) atoms. The van der Waals surface area contributed by atoms with Gasteiger partial charge < -0.3 is 14.0 Å². The summed E-state index contributed by atoms with van der Waals surface area (Å²) in [4.78, 5) is 21.8. The van der Waals surface area contributed by atoms with Crippen molar-refractivity contribution in [2.75, 3.05) is 31.8 Å². The summed E-state index contributed by atoms with van der Waals surface area (Å²) < 4.78 is 39.8. The molecular formula is C24H27N5O5S. The van der Waals surface area contributed by atoms with E-state index in [1.807, 2.05) is 23.5 Å². The average Bonchev–Trinajstić information content (AvgIpc) is 3.51. The van der Waals surface area contributed by atoms with Crippen molar-refractivity contribution >= 4 is 38.5 Å². The molecule has 4 heterocycles. The predicted molar refractivity (Wildman–Crippen MR) is 133 cm³/mol. The predicted octanol–water partition coefficient (Wildman–Crippen LogP) is 3.26. The van der Waals surface area contributed by atoms with E-state index in [1.54, 1.807) is 25.3 Å². The molecule has 184 valence electrons. The fraction of sp³-hybridized carbons (Fsp3) is 0.375.